The van der Waals surface area contributed by atoms with Crippen molar-refractivity contribution in [2.45, 2.75) is 122 Å². The summed E-state index contributed by atoms with van der Waals surface area (Å²) in [5.74, 6) is -3.69. The molecule has 0 bridgehead atoms. The minimum absolute atomic E-state index is 0.112. The molecule has 0 aliphatic heterocycles. The van der Waals surface area contributed by atoms with E-state index in [9.17, 15) is 28.8 Å². The van der Waals surface area contributed by atoms with Crippen LogP contribution in [0.3, 0.4) is 0 Å². The number of hydrogen-bond acceptors (Lipinski definition) is 9. The van der Waals surface area contributed by atoms with Gasteiger partial charge in [0.15, 0.2) is 0 Å². The van der Waals surface area contributed by atoms with Crippen LogP contribution in [0.15, 0.2) is 146 Å². The van der Waals surface area contributed by atoms with Gasteiger partial charge in [0, 0.05) is 19.7 Å². The molecule has 6 amide bonds. The van der Waals surface area contributed by atoms with Crippen LogP contribution >= 0.6 is 0 Å². The Morgan fingerprint density at radius 1 is 0.581 bits per heavy atom. The normalized spacial score (nSPS) is 13.6. The number of rotatable bonds is 20. The van der Waals surface area contributed by atoms with Gasteiger partial charge >= 0.3 is 6.09 Å². The average Bonchev–Trinajstić information content (AvgIpc) is 3.77. The van der Waals surface area contributed by atoms with E-state index in [0.29, 0.717) is 22.4 Å². The Morgan fingerprint density at radius 3 is 1.65 bits per heavy atom. The number of hydrogen-bond donors (Lipinski definition) is 6. The van der Waals surface area contributed by atoms with E-state index in [1.54, 1.807) is 44.9 Å². The SMILES string of the molecule is C[C@@H](NC(=O)[C@H](COC(C)(C)C)NC(=O)C(C)(C)NC(=O)[C@H](CC(=O)NC(c1ccccc1)(c1ccccc1)c1ccccc1)NC(=O)[C@H](Cc1cn(C)cn1)NC(=O)OC(C)(C)C)c1ccc2ccccc2c1. The first-order valence-corrected chi connectivity index (χ1v) is 24.7. The minimum atomic E-state index is -1.76. The molecule has 390 valence electrons. The van der Waals surface area contributed by atoms with Gasteiger partial charge in [-0.25, -0.2) is 9.78 Å². The molecule has 0 unspecified atom stereocenters. The zero-order valence-corrected chi connectivity index (χ0v) is 43.9. The van der Waals surface area contributed by atoms with Crippen LogP contribution in [-0.4, -0.2) is 86.7 Å². The number of carbonyl (C=O) groups excluding carboxylic acids is 6. The summed E-state index contributed by atoms with van der Waals surface area (Å²) in [5.41, 5.74) is -1.22. The molecule has 1 heterocycles. The second kappa shape index (κ2) is 23.8. The van der Waals surface area contributed by atoms with Gasteiger partial charge < -0.3 is 45.9 Å². The van der Waals surface area contributed by atoms with Crippen molar-refractivity contribution in [1.82, 2.24) is 41.5 Å². The van der Waals surface area contributed by atoms with E-state index < -0.39 is 88.5 Å². The van der Waals surface area contributed by atoms with Crippen LogP contribution in [0.25, 0.3) is 10.8 Å². The van der Waals surface area contributed by atoms with Crippen molar-refractivity contribution in [2.75, 3.05) is 6.61 Å². The summed E-state index contributed by atoms with van der Waals surface area (Å²) in [5, 5.41) is 19.2. The van der Waals surface area contributed by atoms with Gasteiger partial charge in [-0.2, -0.15) is 0 Å². The number of aromatic nitrogens is 2. The Balaban J connectivity index is 1.31. The van der Waals surface area contributed by atoms with E-state index in [4.69, 9.17) is 9.47 Å². The Hall–Kier alpha value is -7.85. The first-order chi connectivity index (χ1) is 34.9. The number of imidazole rings is 1. The molecule has 0 aliphatic carbocycles. The molecular weight excluding hydrogens is 937 g/mol. The largest absolute Gasteiger partial charge is 0.444 e. The van der Waals surface area contributed by atoms with Crippen molar-refractivity contribution in [3.8, 4) is 0 Å². The maximum atomic E-state index is 14.9. The molecule has 6 aromatic rings. The number of nitrogens with zero attached hydrogens (tertiary/aromatic N) is 2. The van der Waals surface area contributed by atoms with Gasteiger partial charge in [0.1, 0.15) is 34.8 Å². The third kappa shape index (κ3) is 15.1. The highest BCUT2D eigenvalue weighted by Crippen LogP contribution is 2.37. The summed E-state index contributed by atoms with van der Waals surface area (Å²) in [7, 11) is 1.75. The maximum absolute atomic E-state index is 14.9. The molecule has 6 N–H and O–H groups in total. The fraction of sp³-hybridized carbons (Fsp3) is 0.362. The van der Waals surface area contributed by atoms with E-state index >= 15 is 0 Å². The zero-order chi connectivity index (χ0) is 53.8. The highest BCUT2D eigenvalue weighted by atomic mass is 16.6. The van der Waals surface area contributed by atoms with E-state index in [1.807, 2.05) is 161 Å². The molecule has 0 saturated carbocycles. The zero-order valence-electron chi connectivity index (χ0n) is 43.9. The van der Waals surface area contributed by atoms with Crippen LogP contribution in [0.2, 0.25) is 0 Å². The summed E-state index contributed by atoms with van der Waals surface area (Å²) < 4.78 is 13.2. The predicted molar refractivity (Wildman–Crippen MR) is 284 cm³/mol. The monoisotopic (exact) mass is 1010 g/mol. The summed E-state index contributed by atoms with van der Waals surface area (Å²) in [6.07, 6.45) is 1.57. The molecule has 0 spiro atoms. The average molecular weight is 1010 g/mol. The van der Waals surface area contributed by atoms with Crippen molar-refractivity contribution in [3.63, 3.8) is 0 Å². The number of nitrogens with one attached hydrogen (secondary N) is 6. The van der Waals surface area contributed by atoms with Crippen LogP contribution in [0.1, 0.15) is 103 Å². The summed E-state index contributed by atoms with van der Waals surface area (Å²) in [4.78, 5) is 90.4. The standard InChI is InChI=1S/C58H70N8O8/c1-38(40-31-30-39-22-20-21-23-41(39)32-40)60-51(69)48(36-73-55(2,3)4)62-53(71)57(8,9)65-52(70)47(61-50(68)46(33-45-35-66(10)37-59-45)63-54(72)74-56(5,6)7)34-49(67)64-58(42-24-14-11-15-25-42,43-26-16-12-17-27-43)44-28-18-13-19-29-44/h11-32,35,37-38,46-48H,33-34,36H2,1-10H3,(H,60,69)(H,61,68)(H,62,71)(H,63,72)(H,64,67)(H,65,70)/t38-,46+,47+,48+/m1/s1. The van der Waals surface area contributed by atoms with Crippen molar-refractivity contribution in [2.24, 2.45) is 7.05 Å². The van der Waals surface area contributed by atoms with E-state index in [1.165, 1.54) is 13.8 Å². The van der Waals surface area contributed by atoms with Crippen LogP contribution in [0, 0.1) is 0 Å². The molecule has 74 heavy (non-hydrogen) atoms. The summed E-state index contributed by atoms with van der Waals surface area (Å²) in [6.45, 7) is 15.0. The molecule has 16 nitrogen and oxygen atoms in total. The predicted octanol–water partition coefficient (Wildman–Crippen LogP) is 7.06. The van der Waals surface area contributed by atoms with Crippen molar-refractivity contribution >= 4 is 46.4 Å². The molecule has 1 aromatic heterocycles. The molecule has 6 rings (SSSR count). The van der Waals surface area contributed by atoms with Gasteiger partial charge in [-0.15, -0.1) is 0 Å². The Bertz CT molecular complexity index is 2800. The molecule has 5 aromatic carbocycles. The van der Waals surface area contributed by atoms with Crippen LogP contribution < -0.4 is 31.9 Å². The van der Waals surface area contributed by atoms with Crippen LogP contribution in [0.4, 0.5) is 4.79 Å². The van der Waals surface area contributed by atoms with Gasteiger partial charge in [-0.1, -0.05) is 127 Å². The van der Waals surface area contributed by atoms with Crippen molar-refractivity contribution < 1.29 is 38.2 Å². The van der Waals surface area contributed by atoms with E-state index in [-0.39, 0.29) is 13.0 Å². The molecule has 0 radical (unpaired) electrons. The minimum Gasteiger partial charge on any atom is -0.444 e. The summed E-state index contributed by atoms with van der Waals surface area (Å²) >= 11 is 0. The second-order valence-corrected chi connectivity index (χ2v) is 21.0. The van der Waals surface area contributed by atoms with Crippen LogP contribution in [-0.2, 0) is 52.5 Å². The first-order valence-electron chi connectivity index (χ1n) is 24.7. The smallest absolute Gasteiger partial charge is 0.408 e. The Labute approximate surface area is 433 Å². The van der Waals surface area contributed by atoms with E-state index in [0.717, 1.165) is 16.3 Å². The number of fused-ring (bicyclic) bond motifs is 1. The number of alkyl carbamates (subject to hydrolysis) is 1. The fourth-order valence-corrected chi connectivity index (χ4v) is 8.33. The lowest BCUT2D eigenvalue weighted by atomic mass is 9.77. The van der Waals surface area contributed by atoms with Crippen molar-refractivity contribution in [3.05, 3.63) is 174 Å². The van der Waals surface area contributed by atoms with Gasteiger partial charge in [0.05, 0.1) is 36.7 Å². The Morgan fingerprint density at radius 2 is 1.12 bits per heavy atom. The topological polar surface area (TPSA) is 211 Å². The molecule has 0 aliphatic rings. The quantitative estimate of drug-likeness (QED) is 0.0432. The molecule has 4 atom stereocenters. The highest BCUT2D eigenvalue weighted by Gasteiger charge is 2.41. The number of ether oxygens (including phenoxy) is 2. The Kier molecular flexibility index (Phi) is 17.8. The number of benzene rings is 5. The van der Waals surface area contributed by atoms with Gasteiger partial charge in [0.25, 0.3) is 0 Å². The molecule has 0 saturated heterocycles. The van der Waals surface area contributed by atoms with Gasteiger partial charge in [-0.05, 0) is 101 Å². The molecule has 0 fully saturated rings. The van der Waals surface area contributed by atoms with Gasteiger partial charge in [0.2, 0.25) is 29.5 Å². The lowest BCUT2D eigenvalue weighted by Gasteiger charge is -2.37. The lowest BCUT2D eigenvalue weighted by molar-refractivity contribution is -0.139. The lowest BCUT2D eigenvalue weighted by Crippen LogP contribution is -2.63. The fourth-order valence-electron chi connectivity index (χ4n) is 8.33. The molecular formula is C58H70N8O8. The van der Waals surface area contributed by atoms with Crippen LogP contribution in [0.5, 0.6) is 0 Å². The third-order valence-corrected chi connectivity index (χ3v) is 12.1. The number of carbonyl (C=O) groups is 6. The first kappa shape index (κ1) is 55.5. The van der Waals surface area contributed by atoms with Crippen molar-refractivity contribution in [1.29, 1.82) is 0 Å². The second-order valence-electron chi connectivity index (χ2n) is 21.0. The van der Waals surface area contributed by atoms with Gasteiger partial charge in [-0.3, -0.25) is 24.0 Å². The third-order valence-electron chi connectivity index (χ3n) is 12.1. The maximum Gasteiger partial charge on any atom is 0.408 e. The number of aryl methyl sites for hydroxylation is 1. The van der Waals surface area contributed by atoms with E-state index in [2.05, 4.69) is 36.9 Å². The summed E-state index contributed by atoms with van der Waals surface area (Å²) in [6, 6.07) is 37.2. The number of amides is 6. The highest BCUT2D eigenvalue weighted by molar-refractivity contribution is 5.99. The molecule has 16 heteroatoms.